The Morgan fingerprint density at radius 3 is 2.11 bits per heavy atom. The zero-order chi connectivity index (χ0) is 39.0. The standard InChI is InChI=1S/C40H65NO10.C2H6/c1-10-39-25-30(38(7,43)37(4,5)6)33(45-9)35-40(39,15-16-41(28(39)3)26-29-12-13-29)32-27(2)11-14-31(34(32)51-35)50-36(42)49-24-23-48-22-21-47-20-19-46-18-17-44-8;1-2/h11,14,28-30,33,35,43H,10,12-13,15-26H2,1-9H3;1-2H3/t28?,30?,33?,35-,38?,39+,40?;/m0./s1. The first kappa shape index (κ1) is 43.7. The Bertz CT molecular complexity index is 1310. The van der Waals surface area contributed by atoms with Gasteiger partial charge in [0.05, 0.1) is 51.8 Å². The molecular weight excluding hydrogens is 678 g/mol. The fourth-order valence-corrected chi connectivity index (χ4v) is 9.47. The van der Waals surface area contributed by atoms with E-state index in [0.29, 0.717) is 51.1 Å². The minimum Gasteiger partial charge on any atom is -0.482 e. The van der Waals surface area contributed by atoms with Crippen molar-refractivity contribution in [3.05, 3.63) is 23.3 Å². The molecular formula is C42H71NO10. The van der Waals surface area contributed by atoms with Crippen LogP contribution in [0.3, 0.4) is 0 Å². The van der Waals surface area contributed by atoms with Crippen molar-refractivity contribution in [2.24, 2.45) is 22.7 Å². The highest BCUT2D eigenvalue weighted by atomic mass is 16.7. The van der Waals surface area contributed by atoms with Crippen LogP contribution < -0.4 is 9.47 Å². The van der Waals surface area contributed by atoms with Crippen LogP contribution in [0, 0.1) is 29.6 Å². The number of likely N-dealkylation sites (tertiary alicyclic amines) is 1. The van der Waals surface area contributed by atoms with E-state index in [1.165, 1.54) is 12.8 Å². The van der Waals surface area contributed by atoms with Crippen LogP contribution in [0.1, 0.15) is 98.6 Å². The SMILES string of the molecule is CC.CC[C@]12CC(C(C)(O)C(C)(C)C)C(OC)[C@@H]3Oc4c(OC(=O)OCCOCCOCCOCCOC)ccc(C)c4C31CCN(CC1CC1)C2C. The fraction of sp³-hybridized carbons (Fsp3) is 0.833. The van der Waals surface area contributed by atoms with Crippen molar-refractivity contribution in [1.82, 2.24) is 4.90 Å². The summed E-state index contributed by atoms with van der Waals surface area (Å²) >= 11 is 0. The number of aryl methyl sites for hydroxylation is 1. The van der Waals surface area contributed by atoms with Gasteiger partial charge in [0.15, 0.2) is 11.5 Å². The molecule has 1 N–H and O–H groups in total. The molecule has 0 aromatic heterocycles. The number of carbonyl (C=O) groups excluding carboxylic acids is 1. The summed E-state index contributed by atoms with van der Waals surface area (Å²) in [6, 6.07) is 4.09. The molecule has 4 aliphatic rings. The average Bonchev–Trinajstić information content (AvgIpc) is 3.88. The normalized spacial score (nSPS) is 29.1. The Morgan fingerprint density at radius 1 is 0.962 bits per heavy atom. The number of aliphatic hydroxyl groups is 1. The zero-order valence-electron chi connectivity index (χ0n) is 34.7. The smallest absolute Gasteiger partial charge is 0.482 e. The van der Waals surface area contributed by atoms with E-state index in [9.17, 15) is 9.90 Å². The summed E-state index contributed by atoms with van der Waals surface area (Å²) in [6.45, 7) is 24.3. The van der Waals surface area contributed by atoms with Gasteiger partial charge in [-0.3, -0.25) is 4.90 Å². The molecule has 0 amide bonds. The Kier molecular flexibility index (Phi) is 15.5. The van der Waals surface area contributed by atoms with Gasteiger partial charge in [0.2, 0.25) is 0 Å². The van der Waals surface area contributed by atoms with E-state index in [4.69, 9.17) is 37.9 Å². The number of methoxy groups -OCH3 is 2. The molecule has 1 spiro atoms. The number of piperidine rings is 1. The van der Waals surface area contributed by atoms with Crippen LogP contribution in [0.15, 0.2) is 12.1 Å². The van der Waals surface area contributed by atoms with E-state index >= 15 is 0 Å². The second kappa shape index (κ2) is 18.8. The van der Waals surface area contributed by atoms with Crippen LogP contribution in [0.5, 0.6) is 11.5 Å². The summed E-state index contributed by atoms with van der Waals surface area (Å²) in [4.78, 5) is 15.8. The Balaban J connectivity index is 0.00000308. The lowest BCUT2D eigenvalue weighted by Crippen LogP contribution is -2.74. The molecule has 1 aromatic rings. The highest BCUT2D eigenvalue weighted by molar-refractivity contribution is 5.68. The Labute approximate surface area is 319 Å². The first-order chi connectivity index (χ1) is 25.3. The summed E-state index contributed by atoms with van der Waals surface area (Å²) in [7, 11) is 3.38. The number of hydrogen-bond acceptors (Lipinski definition) is 11. The van der Waals surface area contributed by atoms with Crippen molar-refractivity contribution in [3.63, 3.8) is 0 Å². The summed E-state index contributed by atoms with van der Waals surface area (Å²) < 4.78 is 46.2. The largest absolute Gasteiger partial charge is 0.514 e. The van der Waals surface area contributed by atoms with Crippen LogP contribution in [-0.2, 0) is 33.8 Å². The predicted molar refractivity (Wildman–Crippen MR) is 205 cm³/mol. The third-order valence-electron chi connectivity index (χ3n) is 13.0. The topological polar surface area (TPSA) is 114 Å². The van der Waals surface area contributed by atoms with Crippen molar-refractivity contribution in [1.29, 1.82) is 0 Å². The van der Waals surface area contributed by atoms with Crippen molar-refractivity contribution in [3.8, 4) is 11.5 Å². The summed E-state index contributed by atoms with van der Waals surface area (Å²) in [5.41, 5.74) is 0.157. The van der Waals surface area contributed by atoms with Gasteiger partial charge in [-0.2, -0.15) is 0 Å². The van der Waals surface area contributed by atoms with Crippen molar-refractivity contribution in [2.75, 3.05) is 80.2 Å². The van der Waals surface area contributed by atoms with E-state index in [0.717, 1.165) is 49.4 Å². The van der Waals surface area contributed by atoms with E-state index in [-0.39, 0.29) is 42.8 Å². The van der Waals surface area contributed by atoms with E-state index in [2.05, 4.69) is 46.4 Å². The molecule has 2 aliphatic heterocycles. The number of fused-ring (bicyclic) bond motifs is 1. The van der Waals surface area contributed by atoms with Gasteiger partial charge in [0, 0.05) is 43.7 Å². The van der Waals surface area contributed by atoms with Gasteiger partial charge in [-0.25, -0.2) is 4.79 Å². The summed E-state index contributed by atoms with van der Waals surface area (Å²) in [5.74, 6) is 1.52. The van der Waals surface area contributed by atoms with Gasteiger partial charge < -0.3 is 43.0 Å². The molecule has 3 fully saturated rings. The van der Waals surface area contributed by atoms with Gasteiger partial charge >= 0.3 is 6.16 Å². The highest BCUT2D eigenvalue weighted by Crippen LogP contribution is 2.70. The molecule has 304 valence electrons. The quantitative estimate of drug-likeness (QED) is 0.0955. The second-order valence-electron chi connectivity index (χ2n) is 16.4. The summed E-state index contributed by atoms with van der Waals surface area (Å²) in [6.07, 6.45) is 3.66. The molecule has 0 radical (unpaired) electrons. The number of carbonyl (C=O) groups is 1. The van der Waals surface area contributed by atoms with Crippen molar-refractivity contribution >= 4 is 6.16 Å². The lowest BCUT2D eigenvalue weighted by atomic mass is 9.42. The monoisotopic (exact) mass is 750 g/mol. The third-order valence-corrected chi connectivity index (χ3v) is 13.0. The number of rotatable bonds is 18. The first-order valence-corrected chi connectivity index (χ1v) is 20.2. The number of benzene rings is 1. The molecule has 11 nitrogen and oxygen atoms in total. The average molecular weight is 750 g/mol. The lowest BCUT2D eigenvalue weighted by Gasteiger charge is -2.67. The molecule has 2 heterocycles. The molecule has 2 aliphatic carbocycles. The molecule has 5 rings (SSSR count). The maximum Gasteiger partial charge on any atom is 0.514 e. The van der Waals surface area contributed by atoms with Crippen molar-refractivity contribution < 1.29 is 47.8 Å². The highest BCUT2D eigenvalue weighted by Gasteiger charge is 2.73. The van der Waals surface area contributed by atoms with Gasteiger partial charge in [0.25, 0.3) is 0 Å². The third kappa shape index (κ3) is 8.87. The van der Waals surface area contributed by atoms with Crippen LogP contribution in [0.2, 0.25) is 0 Å². The van der Waals surface area contributed by atoms with Crippen LogP contribution >= 0.6 is 0 Å². The summed E-state index contributed by atoms with van der Waals surface area (Å²) in [5, 5.41) is 12.4. The number of nitrogens with zero attached hydrogens (tertiary/aromatic N) is 1. The van der Waals surface area contributed by atoms with Gasteiger partial charge in [-0.1, -0.05) is 47.6 Å². The van der Waals surface area contributed by atoms with Crippen LogP contribution in [0.4, 0.5) is 4.79 Å². The number of ether oxygens (including phenoxy) is 8. The molecule has 5 unspecified atom stereocenters. The van der Waals surface area contributed by atoms with Crippen LogP contribution in [0.25, 0.3) is 0 Å². The molecule has 1 aromatic carbocycles. The fourth-order valence-electron chi connectivity index (χ4n) is 9.47. The van der Waals surface area contributed by atoms with Gasteiger partial charge in [0.1, 0.15) is 18.8 Å². The number of hydrogen-bond donors (Lipinski definition) is 1. The maximum atomic E-state index is 13.0. The Morgan fingerprint density at radius 2 is 1.57 bits per heavy atom. The lowest BCUT2D eigenvalue weighted by molar-refractivity contribution is -0.232. The first-order valence-electron chi connectivity index (χ1n) is 20.2. The maximum absolute atomic E-state index is 13.0. The Hall–Kier alpha value is -1.99. The molecule has 1 saturated heterocycles. The zero-order valence-corrected chi connectivity index (χ0v) is 34.7. The molecule has 11 heteroatoms. The minimum atomic E-state index is -1.04. The minimum absolute atomic E-state index is 0.0447. The molecule has 0 bridgehead atoms. The predicted octanol–water partition coefficient (Wildman–Crippen LogP) is 6.96. The van der Waals surface area contributed by atoms with E-state index in [1.54, 1.807) is 20.3 Å². The van der Waals surface area contributed by atoms with E-state index in [1.807, 2.05) is 26.8 Å². The van der Waals surface area contributed by atoms with Gasteiger partial charge in [-0.15, -0.1) is 0 Å². The van der Waals surface area contributed by atoms with Gasteiger partial charge in [-0.05, 0) is 87.8 Å². The van der Waals surface area contributed by atoms with Crippen LogP contribution in [-0.4, -0.2) is 120 Å². The van der Waals surface area contributed by atoms with Crippen molar-refractivity contribution in [2.45, 2.75) is 124 Å². The van der Waals surface area contributed by atoms with E-state index < -0.39 is 22.6 Å². The molecule has 53 heavy (non-hydrogen) atoms. The molecule has 2 saturated carbocycles. The second-order valence-corrected chi connectivity index (χ2v) is 16.4. The molecule has 7 atom stereocenters.